The van der Waals surface area contributed by atoms with Gasteiger partial charge in [-0.2, -0.15) is 0 Å². The lowest BCUT2D eigenvalue weighted by Crippen LogP contribution is -2.16. The van der Waals surface area contributed by atoms with Crippen molar-refractivity contribution in [1.29, 1.82) is 0 Å². The fourth-order valence-electron chi connectivity index (χ4n) is 1.99. The van der Waals surface area contributed by atoms with E-state index in [1.54, 1.807) is 7.11 Å². The summed E-state index contributed by atoms with van der Waals surface area (Å²) >= 11 is 0. The van der Waals surface area contributed by atoms with Crippen LogP contribution >= 0.6 is 12.4 Å². The SMILES string of the molecule is COc1ccc2cc(C(=O)CCN(C)C)ccc2c1.Cl. The summed E-state index contributed by atoms with van der Waals surface area (Å²) in [5.41, 5.74) is 0.777. The molecule has 0 spiro atoms. The maximum absolute atomic E-state index is 12.1. The van der Waals surface area contributed by atoms with Gasteiger partial charge in [0, 0.05) is 18.5 Å². The summed E-state index contributed by atoms with van der Waals surface area (Å²) in [6.45, 7) is 0.777. The Morgan fingerprint density at radius 2 is 1.75 bits per heavy atom. The molecule has 0 fully saturated rings. The highest BCUT2D eigenvalue weighted by atomic mass is 35.5. The van der Waals surface area contributed by atoms with E-state index >= 15 is 0 Å². The van der Waals surface area contributed by atoms with Gasteiger partial charge in [-0.05, 0) is 43.1 Å². The molecule has 0 aliphatic rings. The molecule has 0 heterocycles. The smallest absolute Gasteiger partial charge is 0.164 e. The van der Waals surface area contributed by atoms with E-state index in [4.69, 9.17) is 4.74 Å². The summed E-state index contributed by atoms with van der Waals surface area (Å²) < 4.78 is 5.19. The molecule has 0 amide bonds. The first-order valence-electron chi connectivity index (χ1n) is 6.36. The number of carbonyl (C=O) groups excluding carboxylic acids is 1. The summed E-state index contributed by atoms with van der Waals surface area (Å²) in [6, 6.07) is 11.7. The van der Waals surface area contributed by atoms with Crippen LogP contribution < -0.4 is 4.74 Å². The van der Waals surface area contributed by atoms with Crippen molar-refractivity contribution in [2.45, 2.75) is 6.42 Å². The maximum atomic E-state index is 12.1. The second-order valence-electron chi connectivity index (χ2n) is 4.90. The number of benzene rings is 2. The average Bonchev–Trinajstić information content (AvgIpc) is 2.43. The van der Waals surface area contributed by atoms with E-state index in [1.165, 1.54) is 0 Å². The normalized spacial score (nSPS) is 10.4. The van der Waals surface area contributed by atoms with Crippen LogP contribution in [0.5, 0.6) is 5.75 Å². The van der Waals surface area contributed by atoms with Gasteiger partial charge in [-0.3, -0.25) is 4.79 Å². The molecule has 0 N–H and O–H groups in total. The highest BCUT2D eigenvalue weighted by Crippen LogP contribution is 2.22. The molecular formula is C16H20ClNO2. The molecule has 2 aromatic rings. The lowest BCUT2D eigenvalue weighted by molar-refractivity contribution is 0.0972. The Kier molecular flexibility index (Phi) is 5.99. The van der Waals surface area contributed by atoms with Gasteiger partial charge in [0.2, 0.25) is 0 Å². The quantitative estimate of drug-likeness (QED) is 0.791. The van der Waals surface area contributed by atoms with E-state index in [2.05, 4.69) is 0 Å². The van der Waals surface area contributed by atoms with Crippen molar-refractivity contribution < 1.29 is 9.53 Å². The summed E-state index contributed by atoms with van der Waals surface area (Å²) in [4.78, 5) is 14.1. The molecule has 0 unspecified atom stereocenters. The van der Waals surface area contributed by atoms with Crippen molar-refractivity contribution in [2.24, 2.45) is 0 Å². The number of methoxy groups -OCH3 is 1. The Morgan fingerprint density at radius 3 is 2.40 bits per heavy atom. The Bertz CT molecular complexity index is 596. The molecule has 2 rings (SSSR count). The molecule has 3 nitrogen and oxygen atoms in total. The summed E-state index contributed by atoms with van der Waals surface area (Å²) in [5, 5.41) is 2.15. The first-order valence-corrected chi connectivity index (χ1v) is 6.36. The lowest BCUT2D eigenvalue weighted by atomic mass is 10.0. The number of ketones is 1. The third kappa shape index (κ3) is 3.95. The van der Waals surface area contributed by atoms with Crippen LogP contribution in [-0.2, 0) is 0 Å². The number of carbonyl (C=O) groups is 1. The van der Waals surface area contributed by atoms with Crippen molar-refractivity contribution in [1.82, 2.24) is 4.90 Å². The molecular weight excluding hydrogens is 274 g/mol. The predicted octanol–water partition coefficient (Wildman–Crippen LogP) is 3.40. The van der Waals surface area contributed by atoms with Crippen LogP contribution in [0.1, 0.15) is 16.8 Å². The molecule has 0 aromatic heterocycles. The molecule has 108 valence electrons. The summed E-state index contributed by atoms with van der Waals surface area (Å²) in [5.74, 6) is 1.02. The topological polar surface area (TPSA) is 29.5 Å². The van der Waals surface area contributed by atoms with Gasteiger partial charge < -0.3 is 9.64 Å². The third-order valence-corrected chi connectivity index (χ3v) is 3.16. The Labute approximate surface area is 125 Å². The van der Waals surface area contributed by atoms with Crippen LogP contribution in [-0.4, -0.2) is 38.4 Å². The highest BCUT2D eigenvalue weighted by Gasteiger charge is 2.07. The third-order valence-electron chi connectivity index (χ3n) is 3.16. The Balaban J connectivity index is 0.00000200. The molecule has 0 saturated heterocycles. The van der Waals surface area contributed by atoms with Gasteiger partial charge in [0.25, 0.3) is 0 Å². The molecule has 0 aliphatic carbocycles. The minimum Gasteiger partial charge on any atom is -0.497 e. The zero-order valence-electron chi connectivity index (χ0n) is 12.1. The fourth-order valence-corrected chi connectivity index (χ4v) is 1.99. The largest absolute Gasteiger partial charge is 0.497 e. The van der Waals surface area contributed by atoms with Gasteiger partial charge in [0.15, 0.2) is 5.78 Å². The second-order valence-corrected chi connectivity index (χ2v) is 4.90. The second kappa shape index (κ2) is 7.27. The Morgan fingerprint density at radius 1 is 1.10 bits per heavy atom. The van der Waals surface area contributed by atoms with Crippen LogP contribution in [0.4, 0.5) is 0 Å². The Hall–Kier alpha value is -1.58. The van der Waals surface area contributed by atoms with Crippen LogP contribution in [0, 0.1) is 0 Å². The number of rotatable bonds is 5. The number of fused-ring (bicyclic) bond motifs is 1. The van der Waals surface area contributed by atoms with Gasteiger partial charge in [0.05, 0.1) is 7.11 Å². The van der Waals surface area contributed by atoms with Crippen LogP contribution in [0.15, 0.2) is 36.4 Å². The van der Waals surface area contributed by atoms with Crippen LogP contribution in [0.2, 0.25) is 0 Å². The van der Waals surface area contributed by atoms with Gasteiger partial charge in [-0.25, -0.2) is 0 Å². The van der Waals surface area contributed by atoms with Crippen molar-refractivity contribution in [3.8, 4) is 5.75 Å². The first kappa shape index (κ1) is 16.5. The van der Waals surface area contributed by atoms with E-state index in [1.807, 2.05) is 55.4 Å². The fraction of sp³-hybridized carbons (Fsp3) is 0.312. The van der Waals surface area contributed by atoms with E-state index in [0.29, 0.717) is 6.42 Å². The molecule has 4 heteroatoms. The zero-order valence-corrected chi connectivity index (χ0v) is 12.9. The molecule has 2 aromatic carbocycles. The predicted molar refractivity (Wildman–Crippen MR) is 85.2 cm³/mol. The minimum atomic E-state index is 0. The van der Waals surface area contributed by atoms with E-state index in [9.17, 15) is 4.79 Å². The maximum Gasteiger partial charge on any atom is 0.164 e. The van der Waals surface area contributed by atoms with Crippen LogP contribution in [0.25, 0.3) is 10.8 Å². The van der Waals surface area contributed by atoms with Gasteiger partial charge in [-0.15, -0.1) is 12.4 Å². The van der Waals surface area contributed by atoms with E-state index in [-0.39, 0.29) is 18.2 Å². The number of Topliss-reactive ketones (excluding diaryl/α,β-unsaturated/α-hetero) is 1. The number of halogens is 1. The monoisotopic (exact) mass is 293 g/mol. The first-order chi connectivity index (χ1) is 9.10. The number of ether oxygens (including phenoxy) is 1. The van der Waals surface area contributed by atoms with Crippen molar-refractivity contribution in [3.63, 3.8) is 0 Å². The minimum absolute atomic E-state index is 0. The summed E-state index contributed by atoms with van der Waals surface area (Å²) in [6.07, 6.45) is 0.550. The molecule has 0 aliphatic heterocycles. The van der Waals surface area contributed by atoms with Crippen molar-refractivity contribution >= 4 is 29.0 Å². The molecule has 0 radical (unpaired) electrons. The van der Waals surface area contributed by atoms with Crippen molar-refractivity contribution in [3.05, 3.63) is 42.0 Å². The number of hydrogen-bond acceptors (Lipinski definition) is 3. The van der Waals surface area contributed by atoms with Crippen molar-refractivity contribution in [2.75, 3.05) is 27.7 Å². The molecule has 0 bridgehead atoms. The molecule has 20 heavy (non-hydrogen) atoms. The number of nitrogens with zero attached hydrogens (tertiary/aromatic N) is 1. The van der Waals surface area contributed by atoms with E-state index < -0.39 is 0 Å². The van der Waals surface area contributed by atoms with Gasteiger partial charge in [0.1, 0.15) is 5.75 Å². The van der Waals surface area contributed by atoms with Gasteiger partial charge >= 0.3 is 0 Å². The van der Waals surface area contributed by atoms with Gasteiger partial charge in [-0.1, -0.05) is 18.2 Å². The lowest BCUT2D eigenvalue weighted by Gasteiger charge is -2.09. The zero-order chi connectivity index (χ0) is 13.8. The highest BCUT2D eigenvalue weighted by molar-refractivity contribution is 6.00. The molecule has 0 saturated carbocycles. The summed E-state index contributed by atoms with van der Waals surface area (Å²) in [7, 11) is 5.60. The van der Waals surface area contributed by atoms with Crippen LogP contribution in [0.3, 0.4) is 0 Å². The van der Waals surface area contributed by atoms with E-state index in [0.717, 1.165) is 28.6 Å². The molecule has 0 atom stereocenters. The number of hydrogen-bond donors (Lipinski definition) is 0. The standard InChI is InChI=1S/C16H19NO2.ClH/c1-17(2)9-8-16(18)14-5-4-13-11-15(19-3)7-6-12(13)10-14;/h4-7,10-11H,8-9H2,1-3H3;1H. The average molecular weight is 294 g/mol.